The van der Waals surface area contributed by atoms with E-state index in [1.165, 1.54) is 0 Å². The van der Waals surface area contributed by atoms with Crippen LogP contribution in [0.25, 0.3) is 0 Å². The van der Waals surface area contributed by atoms with Gasteiger partial charge in [-0.3, -0.25) is 9.59 Å². The number of carboxylic acids is 1. The Kier molecular flexibility index (Phi) is 6.93. The van der Waals surface area contributed by atoms with Crippen LogP contribution in [0.1, 0.15) is 39.2 Å². The first-order valence-electron chi connectivity index (χ1n) is 9.12. The van der Waals surface area contributed by atoms with Gasteiger partial charge in [-0.1, -0.05) is 29.8 Å². The van der Waals surface area contributed by atoms with Crippen molar-refractivity contribution in [1.82, 2.24) is 0 Å². The number of amides is 1. The summed E-state index contributed by atoms with van der Waals surface area (Å²) in [5, 5.41) is 9.60. The molecule has 0 spiro atoms. The molecule has 154 valence electrons. The zero-order valence-electron chi connectivity index (χ0n) is 16.2. The summed E-state index contributed by atoms with van der Waals surface area (Å²) >= 11 is 6.00. The fourth-order valence-corrected chi connectivity index (χ4v) is 3.87. The molecule has 2 fully saturated rings. The van der Waals surface area contributed by atoms with E-state index in [-0.39, 0.29) is 36.2 Å². The predicted molar refractivity (Wildman–Crippen MR) is 102 cm³/mol. The minimum absolute atomic E-state index is 0.0220. The van der Waals surface area contributed by atoms with Gasteiger partial charge in [-0.25, -0.2) is 4.79 Å². The van der Waals surface area contributed by atoms with Crippen molar-refractivity contribution >= 4 is 29.6 Å². The van der Waals surface area contributed by atoms with Gasteiger partial charge in [-0.2, -0.15) is 0 Å². The smallest absolute Gasteiger partial charge is 0.405 e. The van der Waals surface area contributed by atoms with Gasteiger partial charge in [0.15, 0.2) is 0 Å². The molecule has 0 aromatic heterocycles. The fraction of sp³-hybridized carbons (Fsp3) is 0.550. The minimum Gasteiger partial charge on any atom is -0.481 e. The molecule has 7 nitrogen and oxygen atoms in total. The number of rotatable bonds is 4. The third-order valence-corrected chi connectivity index (χ3v) is 5.20. The summed E-state index contributed by atoms with van der Waals surface area (Å²) in [6.45, 7) is 5.43. The summed E-state index contributed by atoms with van der Waals surface area (Å²) in [5.41, 5.74) is 5.03. The quantitative estimate of drug-likeness (QED) is 0.731. The molecule has 28 heavy (non-hydrogen) atoms. The van der Waals surface area contributed by atoms with E-state index in [0.29, 0.717) is 5.02 Å². The van der Waals surface area contributed by atoms with Crippen LogP contribution in [0.2, 0.25) is 5.02 Å². The van der Waals surface area contributed by atoms with Crippen molar-refractivity contribution in [3.63, 3.8) is 0 Å². The molecule has 2 saturated carbocycles. The zero-order chi connectivity index (χ0) is 21.1. The van der Waals surface area contributed by atoms with E-state index in [2.05, 4.69) is 4.74 Å². The normalized spacial score (nSPS) is 25.0. The van der Waals surface area contributed by atoms with Gasteiger partial charge in [0.25, 0.3) is 0 Å². The lowest BCUT2D eigenvalue weighted by molar-refractivity contribution is -0.151. The van der Waals surface area contributed by atoms with Gasteiger partial charge in [0.1, 0.15) is 12.2 Å². The number of primary amides is 1. The summed E-state index contributed by atoms with van der Waals surface area (Å²) in [7, 11) is 0. The fourth-order valence-electron chi connectivity index (χ4n) is 3.68. The molecule has 0 radical (unpaired) electrons. The number of carbonyl (C=O) groups is 3. The molecule has 2 aliphatic carbocycles. The highest BCUT2D eigenvalue weighted by atomic mass is 35.5. The van der Waals surface area contributed by atoms with Crippen molar-refractivity contribution in [3.05, 3.63) is 34.9 Å². The minimum atomic E-state index is -0.788. The monoisotopic (exact) mass is 411 g/mol. The number of fused-ring (bicyclic) bond motifs is 1. The lowest BCUT2D eigenvalue weighted by Crippen LogP contribution is -2.27. The lowest BCUT2D eigenvalue weighted by Gasteiger charge is -2.16. The van der Waals surface area contributed by atoms with Gasteiger partial charge in [0.05, 0.1) is 11.8 Å². The highest BCUT2D eigenvalue weighted by molar-refractivity contribution is 6.31. The largest absolute Gasteiger partial charge is 0.481 e. The van der Waals surface area contributed by atoms with Crippen LogP contribution < -0.4 is 5.73 Å². The van der Waals surface area contributed by atoms with Crippen LogP contribution >= 0.6 is 11.6 Å². The molecule has 1 aromatic rings. The van der Waals surface area contributed by atoms with Crippen molar-refractivity contribution in [1.29, 1.82) is 0 Å². The average molecular weight is 412 g/mol. The Balaban J connectivity index is 0.000000300. The molecule has 3 rings (SSSR count). The molecular weight excluding hydrogens is 386 g/mol. The van der Waals surface area contributed by atoms with E-state index in [0.717, 1.165) is 18.4 Å². The summed E-state index contributed by atoms with van der Waals surface area (Å²) in [6.07, 6.45) is 0.825. The zero-order valence-corrected chi connectivity index (χ0v) is 16.9. The molecule has 3 N–H and O–H groups in total. The third-order valence-electron chi connectivity index (χ3n) is 4.83. The van der Waals surface area contributed by atoms with E-state index in [4.69, 9.17) is 27.2 Å². The summed E-state index contributed by atoms with van der Waals surface area (Å²) in [5.74, 6) is -1.54. The van der Waals surface area contributed by atoms with Crippen molar-refractivity contribution in [3.8, 4) is 0 Å². The number of aliphatic carboxylic acids is 1. The summed E-state index contributed by atoms with van der Waals surface area (Å²) in [6, 6.07) is 7.21. The van der Waals surface area contributed by atoms with Crippen LogP contribution in [0.3, 0.4) is 0 Å². The Labute approximate surface area is 169 Å². The van der Waals surface area contributed by atoms with Gasteiger partial charge in [0.2, 0.25) is 0 Å². The number of nitrogens with two attached hydrogens (primary N) is 1. The van der Waals surface area contributed by atoms with Gasteiger partial charge < -0.3 is 20.3 Å². The Hall–Kier alpha value is -2.28. The summed E-state index contributed by atoms with van der Waals surface area (Å²) < 4.78 is 9.88. The van der Waals surface area contributed by atoms with Crippen LogP contribution in [-0.2, 0) is 25.7 Å². The predicted octanol–water partition coefficient (Wildman–Crippen LogP) is 3.62. The van der Waals surface area contributed by atoms with Crippen LogP contribution in [0.15, 0.2) is 24.3 Å². The highest BCUT2D eigenvalue weighted by Gasteiger charge is 2.63. The molecule has 0 heterocycles. The van der Waals surface area contributed by atoms with E-state index in [1.54, 1.807) is 26.8 Å². The molecule has 8 heteroatoms. The Morgan fingerprint density at radius 1 is 1.21 bits per heavy atom. The first kappa shape index (κ1) is 22.0. The number of hydrogen-bond donors (Lipinski definition) is 2. The molecule has 0 aliphatic heterocycles. The molecule has 1 amide bonds. The highest BCUT2D eigenvalue weighted by Crippen LogP contribution is 2.60. The van der Waals surface area contributed by atoms with E-state index in [1.807, 2.05) is 18.2 Å². The second-order valence-corrected chi connectivity index (χ2v) is 8.43. The molecule has 4 atom stereocenters. The van der Waals surface area contributed by atoms with Gasteiger partial charge >= 0.3 is 18.0 Å². The number of benzene rings is 1. The molecule has 2 aliphatic rings. The van der Waals surface area contributed by atoms with Crippen LogP contribution in [-0.4, -0.2) is 28.7 Å². The first-order chi connectivity index (χ1) is 13.0. The molecule has 0 bridgehead atoms. The number of hydrogen-bond acceptors (Lipinski definition) is 5. The Morgan fingerprint density at radius 3 is 2.32 bits per heavy atom. The SMILES string of the molecule is CC(C)(C)OC(N)=O.O=C(OCc1ccccc1Cl)C1CCC2C(C(=O)O)C12. The van der Waals surface area contributed by atoms with Crippen molar-refractivity contribution < 1.29 is 29.0 Å². The van der Waals surface area contributed by atoms with E-state index >= 15 is 0 Å². The van der Waals surface area contributed by atoms with E-state index in [9.17, 15) is 14.4 Å². The van der Waals surface area contributed by atoms with Crippen LogP contribution in [0.4, 0.5) is 4.79 Å². The second kappa shape index (κ2) is 8.82. The lowest BCUT2D eigenvalue weighted by atomic mass is 10.0. The van der Waals surface area contributed by atoms with Crippen molar-refractivity contribution in [2.24, 2.45) is 29.4 Å². The van der Waals surface area contributed by atoms with E-state index < -0.39 is 17.7 Å². The number of carboxylic acid groups (broad SMARTS) is 1. The molecular formula is C20H26ClNO6. The third kappa shape index (κ3) is 5.86. The molecule has 1 aromatic carbocycles. The topological polar surface area (TPSA) is 116 Å². The Morgan fingerprint density at radius 2 is 1.86 bits per heavy atom. The Bertz CT molecular complexity index is 744. The maximum absolute atomic E-state index is 12.1. The maximum Gasteiger partial charge on any atom is 0.405 e. The number of halogens is 1. The number of ether oxygens (including phenoxy) is 2. The first-order valence-corrected chi connectivity index (χ1v) is 9.50. The van der Waals surface area contributed by atoms with Crippen molar-refractivity contribution in [2.75, 3.05) is 0 Å². The van der Waals surface area contributed by atoms with Crippen LogP contribution in [0, 0.1) is 23.7 Å². The van der Waals surface area contributed by atoms with Gasteiger partial charge in [-0.05, 0) is 51.5 Å². The van der Waals surface area contributed by atoms with Crippen LogP contribution in [0.5, 0.6) is 0 Å². The second-order valence-electron chi connectivity index (χ2n) is 8.02. The van der Waals surface area contributed by atoms with Crippen molar-refractivity contribution in [2.45, 2.75) is 45.8 Å². The molecule has 4 unspecified atom stereocenters. The maximum atomic E-state index is 12.1. The van der Waals surface area contributed by atoms with Gasteiger partial charge in [0, 0.05) is 10.6 Å². The number of esters is 1. The summed E-state index contributed by atoms with van der Waals surface area (Å²) in [4.78, 5) is 33.1. The average Bonchev–Trinajstić information content (AvgIpc) is 3.13. The standard InChI is InChI=1S/C15H15ClO4.C5H11NO2/c16-11-4-2-1-3-8(11)7-20-15(19)10-6-5-9-12(10)13(9)14(17)18;1-5(2,3)8-4(6)7/h1-4,9-10,12-13H,5-7H2,(H,17,18);1-3H3,(H2,6,7). The molecule has 0 saturated heterocycles. The number of carbonyl (C=O) groups excluding carboxylic acids is 2. The van der Waals surface area contributed by atoms with Gasteiger partial charge in [-0.15, -0.1) is 0 Å².